The summed E-state index contributed by atoms with van der Waals surface area (Å²) in [4.78, 5) is 40.4. The van der Waals surface area contributed by atoms with Gasteiger partial charge in [-0.15, -0.1) is 0 Å². The van der Waals surface area contributed by atoms with E-state index in [2.05, 4.69) is 15.6 Å². The first-order chi connectivity index (χ1) is 14.0. The van der Waals surface area contributed by atoms with Crippen molar-refractivity contribution < 1.29 is 14.4 Å². The smallest absolute Gasteiger partial charge is 0.251 e. The highest BCUT2D eigenvalue weighted by Crippen LogP contribution is 2.13. The van der Waals surface area contributed by atoms with Gasteiger partial charge in [-0.2, -0.15) is 0 Å². The lowest BCUT2D eigenvalue weighted by molar-refractivity contribution is -0.116. The van der Waals surface area contributed by atoms with Gasteiger partial charge in [0.25, 0.3) is 5.91 Å². The van der Waals surface area contributed by atoms with Crippen LogP contribution in [0.3, 0.4) is 0 Å². The molecule has 3 rings (SSSR count). The van der Waals surface area contributed by atoms with Crippen LogP contribution in [0.2, 0.25) is 0 Å². The highest BCUT2D eigenvalue weighted by Gasteiger charge is 2.13. The van der Waals surface area contributed by atoms with E-state index < -0.39 is 0 Å². The summed E-state index contributed by atoms with van der Waals surface area (Å²) in [6.07, 6.45) is 4.09. The maximum Gasteiger partial charge on any atom is 0.251 e. The molecule has 2 N–H and O–H groups in total. The number of nitrogens with zero attached hydrogens (tertiary/aromatic N) is 2. The molecule has 0 fully saturated rings. The van der Waals surface area contributed by atoms with Crippen LogP contribution in [0.25, 0.3) is 0 Å². The van der Waals surface area contributed by atoms with Crippen LogP contribution >= 0.6 is 0 Å². The molecule has 29 heavy (non-hydrogen) atoms. The molecular weight excluding hydrogens is 368 g/mol. The second-order valence-electron chi connectivity index (χ2n) is 6.54. The van der Waals surface area contributed by atoms with Crippen molar-refractivity contribution in [3.8, 4) is 0 Å². The molecule has 0 saturated heterocycles. The number of rotatable bonds is 8. The summed E-state index contributed by atoms with van der Waals surface area (Å²) in [6.45, 7) is 0.415. The normalized spacial score (nSPS) is 10.4. The van der Waals surface area contributed by atoms with E-state index in [1.54, 1.807) is 72.5 Å². The van der Waals surface area contributed by atoms with Gasteiger partial charge in [0, 0.05) is 49.2 Å². The van der Waals surface area contributed by atoms with Crippen molar-refractivity contribution in [2.75, 3.05) is 11.9 Å². The summed E-state index contributed by atoms with van der Waals surface area (Å²) >= 11 is 0. The average Bonchev–Trinajstić information content (AvgIpc) is 3.17. The van der Waals surface area contributed by atoms with Crippen LogP contribution in [0.5, 0.6) is 0 Å². The molecule has 0 radical (unpaired) electrons. The summed E-state index contributed by atoms with van der Waals surface area (Å²) in [7, 11) is 1.76. The topological polar surface area (TPSA) is 93.1 Å². The molecule has 0 unspecified atom stereocenters. The minimum Gasteiger partial charge on any atom is -0.352 e. The van der Waals surface area contributed by atoms with Gasteiger partial charge in [0.05, 0.1) is 0 Å². The van der Waals surface area contributed by atoms with Gasteiger partial charge in [0.1, 0.15) is 0 Å². The first kappa shape index (κ1) is 20.0. The molecule has 148 valence electrons. The number of hydrogen-bond acceptors (Lipinski definition) is 4. The molecule has 0 aliphatic carbocycles. The van der Waals surface area contributed by atoms with Crippen LogP contribution in [0.15, 0.2) is 67.0 Å². The fourth-order valence-corrected chi connectivity index (χ4v) is 2.78. The van der Waals surface area contributed by atoms with E-state index >= 15 is 0 Å². The van der Waals surface area contributed by atoms with E-state index in [4.69, 9.17) is 0 Å². The first-order valence-electron chi connectivity index (χ1n) is 9.30. The second kappa shape index (κ2) is 9.45. The molecule has 0 bridgehead atoms. The Balaban J connectivity index is 1.43. The molecule has 1 aromatic heterocycles. The number of carbonyl (C=O) groups is 3. The third kappa shape index (κ3) is 5.38. The lowest BCUT2D eigenvalue weighted by Crippen LogP contribution is -2.25. The Morgan fingerprint density at radius 1 is 0.966 bits per heavy atom. The van der Waals surface area contributed by atoms with E-state index in [-0.39, 0.29) is 24.0 Å². The van der Waals surface area contributed by atoms with Gasteiger partial charge in [-0.3, -0.25) is 14.4 Å². The number of carbonyl (C=O) groups excluding carboxylic acids is 3. The number of amides is 2. The highest BCUT2D eigenvalue weighted by atomic mass is 16.2. The fourth-order valence-electron chi connectivity index (χ4n) is 2.78. The summed E-state index contributed by atoms with van der Waals surface area (Å²) in [5.41, 5.74) is 1.71. The van der Waals surface area contributed by atoms with Crippen LogP contribution in [0.4, 0.5) is 5.69 Å². The average molecular weight is 390 g/mol. The fraction of sp³-hybridized carbons (Fsp3) is 0.182. The van der Waals surface area contributed by atoms with Gasteiger partial charge in [-0.05, 0) is 42.8 Å². The van der Waals surface area contributed by atoms with Crippen LogP contribution in [0, 0.1) is 0 Å². The number of ketones is 1. The minimum absolute atomic E-state index is 0.151. The Bertz CT molecular complexity index is 994. The number of aromatic nitrogens is 2. The maximum atomic E-state index is 12.4. The third-order valence-electron chi connectivity index (χ3n) is 4.36. The largest absolute Gasteiger partial charge is 0.352 e. The van der Waals surface area contributed by atoms with Crippen molar-refractivity contribution >= 4 is 23.3 Å². The summed E-state index contributed by atoms with van der Waals surface area (Å²) in [5, 5.41) is 5.58. The number of aryl methyl sites for hydroxylation is 1. The maximum absolute atomic E-state index is 12.4. The van der Waals surface area contributed by atoms with Crippen molar-refractivity contribution in [2.45, 2.75) is 12.8 Å². The van der Waals surface area contributed by atoms with Crippen LogP contribution in [0.1, 0.15) is 39.4 Å². The van der Waals surface area contributed by atoms with E-state index in [9.17, 15) is 14.4 Å². The Morgan fingerprint density at radius 2 is 1.69 bits per heavy atom. The monoisotopic (exact) mass is 390 g/mol. The molecule has 2 amide bonds. The highest BCUT2D eigenvalue weighted by molar-refractivity contribution is 6.07. The standard InChI is InChI=1S/C22H22N4O3/c1-26-15-14-23-21(26)20(28)16-9-11-18(12-10-16)25-19(27)8-5-13-24-22(29)17-6-3-2-4-7-17/h2-4,6-7,9-12,14-15H,5,8,13H2,1H3,(H,24,29)(H,25,27). The van der Waals surface area contributed by atoms with Gasteiger partial charge in [-0.25, -0.2) is 4.98 Å². The Kier molecular flexibility index (Phi) is 6.52. The Hall–Kier alpha value is -3.74. The van der Waals surface area contributed by atoms with Crippen molar-refractivity contribution in [1.82, 2.24) is 14.9 Å². The molecule has 0 atom stereocenters. The number of imidazole rings is 1. The van der Waals surface area contributed by atoms with Crippen molar-refractivity contribution in [3.63, 3.8) is 0 Å². The van der Waals surface area contributed by atoms with Gasteiger partial charge in [0.2, 0.25) is 11.7 Å². The van der Waals surface area contributed by atoms with Crippen molar-refractivity contribution in [1.29, 1.82) is 0 Å². The molecule has 1 heterocycles. The van der Waals surface area contributed by atoms with Crippen LogP contribution < -0.4 is 10.6 Å². The zero-order valence-electron chi connectivity index (χ0n) is 16.1. The molecule has 7 nitrogen and oxygen atoms in total. The zero-order chi connectivity index (χ0) is 20.6. The number of nitrogens with one attached hydrogen (secondary N) is 2. The van der Waals surface area contributed by atoms with Crippen LogP contribution in [-0.4, -0.2) is 33.7 Å². The van der Waals surface area contributed by atoms with Gasteiger partial charge in [-0.1, -0.05) is 18.2 Å². The van der Waals surface area contributed by atoms with Crippen molar-refractivity contribution in [2.24, 2.45) is 7.05 Å². The molecule has 0 aliphatic heterocycles. The number of benzene rings is 2. The summed E-state index contributed by atoms with van der Waals surface area (Å²) in [5.74, 6) is -0.120. The van der Waals surface area contributed by atoms with Gasteiger partial charge >= 0.3 is 0 Å². The quantitative estimate of drug-likeness (QED) is 0.457. The second-order valence-corrected chi connectivity index (χ2v) is 6.54. The molecular formula is C22H22N4O3. The van der Waals surface area contributed by atoms with Gasteiger partial charge < -0.3 is 15.2 Å². The Labute approximate surface area is 168 Å². The Morgan fingerprint density at radius 3 is 2.34 bits per heavy atom. The summed E-state index contributed by atoms with van der Waals surface area (Å²) < 4.78 is 1.66. The first-order valence-corrected chi connectivity index (χ1v) is 9.30. The molecule has 0 aliphatic rings. The SMILES string of the molecule is Cn1ccnc1C(=O)c1ccc(NC(=O)CCCNC(=O)c2ccccc2)cc1. The number of anilines is 1. The van der Waals surface area contributed by atoms with E-state index in [1.165, 1.54) is 0 Å². The summed E-state index contributed by atoms with van der Waals surface area (Å²) in [6, 6.07) is 15.6. The number of hydrogen-bond donors (Lipinski definition) is 2. The zero-order valence-corrected chi connectivity index (χ0v) is 16.1. The van der Waals surface area contributed by atoms with Crippen molar-refractivity contribution in [3.05, 3.63) is 83.9 Å². The van der Waals surface area contributed by atoms with E-state index in [1.807, 2.05) is 6.07 Å². The third-order valence-corrected chi connectivity index (χ3v) is 4.36. The molecule has 0 saturated carbocycles. The molecule has 7 heteroatoms. The predicted octanol–water partition coefficient (Wildman–Crippen LogP) is 2.80. The lowest BCUT2D eigenvalue weighted by atomic mass is 10.1. The van der Waals surface area contributed by atoms with E-state index in [0.29, 0.717) is 35.6 Å². The van der Waals surface area contributed by atoms with Gasteiger partial charge in [0.15, 0.2) is 5.82 Å². The predicted molar refractivity (Wildman–Crippen MR) is 110 cm³/mol. The minimum atomic E-state index is -0.176. The lowest BCUT2D eigenvalue weighted by Gasteiger charge is -2.07. The molecule has 2 aromatic carbocycles. The molecule has 3 aromatic rings. The van der Waals surface area contributed by atoms with E-state index in [0.717, 1.165) is 0 Å². The molecule has 0 spiro atoms. The van der Waals surface area contributed by atoms with Crippen LogP contribution in [-0.2, 0) is 11.8 Å².